The average Bonchev–Trinajstić information content (AvgIpc) is 3.23. The van der Waals surface area contributed by atoms with Gasteiger partial charge in [-0.25, -0.2) is 0 Å². The smallest absolute Gasteiger partial charge is 0.308 e. The SMILES string of the molecule is CC(=O)Oc1cc(OC(C)=O)c2c(c1)OC(c1ccc(OC(C)=O)c(OC(C)=O)c1)C(OC(C)=O)C2c1c(OC(C)=O)cc2c(c1OC(C)=O)CC(OC(C)=O)C(c1ccc(OC(C)=O)c(OC(C)=O)c1)O2. The first-order valence-corrected chi connectivity index (χ1v) is 21.7. The number of rotatable bonds is 13. The molecule has 0 spiro atoms. The summed E-state index contributed by atoms with van der Waals surface area (Å²) in [5.74, 6) is -12.5. The molecule has 0 radical (unpaired) electrons. The highest BCUT2D eigenvalue weighted by molar-refractivity contribution is 5.80. The van der Waals surface area contributed by atoms with Gasteiger partial charge in [0.25, 0.3) is 0 Å². The Morgan fingerprint density at radius 1 is 0.403 bits per heavy atom. The molecular weight excluding hydrogens is 953 g/mol. The fourth-order valence-corrected chi connectivity index (χ4v) is 8.11. The van der Waals surface area contributed by atoms with E-state index in [1.54, 1.807) is 0 Å². The molecule has 378 valence electrons. The second-order valence-electron chi connectivity index (χ2n) is 16.1. The number of benzene rings is 4. The Hall–Kier alpha value is -8.82. The zero-order valence-electron chi connectivity index (χ0n) is 40.3. The van der Waals surface area contributed by atoms with Crippen molar-refractivity contribution in [3.63, 3.8) is 0 Å². The van der Waals surface area contributed by atoms with Crippen LogP contribution in [-0.2, 0) is 63.8 Å². The van der Waals surface area contributed by atoms with Crippen molar-refractivity contribution in [1.29, 1.82) is 0 Å². The molecule has 0 aromatic heterocycles. The van der Waals surface area contributed by atoms with Gasteiger partial charge in [-0.1, -0.05) is 12.1 Å². The first-order valence-electron chi connectivity index (χ1n) is 21.7. The topological polar surface area (TPSA) is 281 Å². The normalized spacial score (nSPS) is 17.3. The lowest BCUT2D eigenvalue weighted by Crippen LogP contribution is -2.40. The minimum absolute atomic E-state index is 0.00922. The predicted octanol–water partition coefficient (Wildman–Crippen LogP) is 5.89. The van der Waals surface area contributed by atoms with Crippen LogP contribution in [-0.4, -0.2) is 71.9 Å². The van der Waals surface area contributed by atoms with Crippen molar-refractivity contribution in [2.24, 2.45) is 0 Å². The number of esters is 10. The third-order valence-electron chi connectivity index (χ3n) is 10.2. The van der Waals surface area contributed by atoms with Crippen LogP contribution in [0.1, 0.15) is 115 Å². The predicted molar refractivity (Wildman–Crippen MR) is 240 cm³/mol. The lowest BCUT2D eigenvalue weighted by atomic mass is 9.77. The highest BCUT2D eigenvalue weighted by atomic mass is 16.6. The maximum atomic E-state index is 13.4. The first kappa shape index (κ1) is 52.5. The summed E-state index contributed by atoms with van der Waals surface area (Å²) in [4.78, 5) is 127. The quantitative estimate of drug-likeness (QED) is 0.111. The van der Waals surface area contributed by atoms with Crippen LogP contribution < -0.4 is 47.4 Å². The molecule has 0 bridgehead atoms. The van der Waals surface area contributed by atoms with Gasteiger partial charge in [0.05, 0.1) is 5.92 Å². The molecule has 0 amide bonds. The van der Waals surface area contributed by atoms with E-state index in [0.29, 0.717) is 0 Å². The number of fused-ring (bicyclic) bond motifs is 2. The van der Waals surface area contributed by atoms with Gasteiger partial charge in [0, 0.05) is 122 Å². The Bertz CT molecular complexity index is 2930. The van der Waals surface area contributed by atoms with E-state index in [4.69, 9.17) is 56.8 Å². The number of hydrogen-bond acceptors (Lipinski definition) is 22. The zero-order valence-corrected chi connectivity index (χ0v) is 40.3. The van der Waals surface area contributed by atoms with E-state index in [1.807, 2.05) is 0 Å². The fraction of sp³-hybridized carbons (Fsp3) is 0.320. The van der Waals surface area contributed by atoms with E-state index in [0.717, 1.165) is 75.3 Å². The number of carbonyl (C=O) groups is 10. The van der Waals surface area contributed by atoms with Crippen LogP contribution in [0.2, 0.25) is 0 Å². The maximum Gasteiger partial charge on any atom is 0.308 e. The Morgan fingerprint density at radius 3 is 1.31 bits per heavy atom. The van der Waals surface area contributed by atoms with Crippen molar-refractivity contribution in [2.75, 3.05) is 0 Å². The van der Waals surface area contributed by atoms with Gasteiger partial charge in [0.15, 0.2) is 41.3 Å². The Labute approximate surface area is 409 Å². The Kier molecular flexibility index (Phi) is 16.0. The molecule has 0 saturated heterocycles. The van der Waals surface area contributed by atoms with E-state index in [-0.39, 0.29) is 80.2 Å². The van der Waals surface area contributed by atoms with Crippen molar-refractivity contribution >= 4 is 59.7 Å². The molecule has 4 aromatic rings. The van der Waals surface area contributed by atoms with E-state index in [2.05, 4.69) is 0 Å². The molecule has 4 aromatic carbocycles. The van der Waals surface area contributed by atoms with Gasteiger partial charge >= 0.3 is 59.7 Å². The lowest BCUT2D eigenvalue weighted by Gasteiger charge is -2.41. The Balaban J connectivity index is 1.72. The molecule has 0 aliphatic carbocycles. The summed E-state index contributed by atoms with van der Waals surface area (Å²) in [5, 5.41) is 0. The minimum atomic E-state index is -1.69. The van der Waals surface area contributed by atoms with Crippen LogP contribution in [0.25, 0.3) is 0 Å². The Morgan fingerprint density at radius 2 is 0.833 bits per heavy atom. The average molecular weight is 999 g/mol. The minimum Gasteiger partial charge on any atom is -0.481 e. The number of hydrogen-bond donors (Lipinski definition) is 0. The van der Waals surface area contributed by atoms with E-state index in [1.165, 1.54) is 48.5 Å². The first-order chi connectivity index (χ1) is 33.9. The van der Waals surface area contributed by atoms with Crippen LogP contribution in [0.5, 0.6) is 57.5 Å². The monoisotopic (exact) mass is 998 g/mol. The second-order valence-corrected chi connectivity index (χ2v) is 16.1. The van der Waals surface area contributed by atoms with Gasteiger partial charge in [-0.05, 0) is 24.3 Å². The second kappa shape index (κ2) is 21.9. The van der Waals surface area contributed by atoms with Crippen molar-refractivity contribution in [3.05, 3.63) is 82.4 Å². The number of ether oxygens (including phenoxy) is 12. The summed E-state index contributed by atoms with van der Waals surface area (Å²) >= 11 is 0. The van der Waals surface area contributed by atoms with Crippen LogP contribution in [0, 0.1) is 0 Å². The molecule has 6 rings (SSSR count). The summed E-state index contributed by atoms with van der Waals surface area (Å²) in [5.41, 5.74) is -0.0679. The third-order valence-corrected chi connectivity index (χ3v) is 10.2. The summed E-state index contributed by atoms with van der Waals surface area (Å²) < 4.78 is 69.4. The number of carbonyl (C=O) groups excluding carboxylic acids is 10. The summed E-state index contributed by atoms with van der Waals surface area (Å²) in [7, 11) is 0. The van der Waals surface area contributed by atoms with Crippen LogP contribution >= 0.6 is 0 Å². The van der Waals surface area contributed by atoms with E-state index in [9.17, 15) is 47.9 Å². The third kappa shape index (κ3) is 12.5. The molecule has 22 nitrogen and oxygen atoms in total. The van der Waals surface area contributed by atoms with Gasteiger partial charge in [-0.3, -0.25) is 47.9 Å². The molecule has 72 heavy (non-hydrogen) atoms. The molecule has 0 fully saturated rings. The molecule has 22 heteroatoms. The molecule has 2 heterocycles. The van der Waals surface area contributed by atoms with Gasteiger partial charge < -0.3 is 56.8 Å². The van der Waals surface area contributed by atoms with Crippen LogP contribution in [0.4, 0.5) is 0 Å². The van der Waals surface area contributed by atoms with Gasteiger partial charge in [0.1, 0.15) is 40.6 Å². The van der Waals surface area contributed by atoms with Crippen molar-refractivity contribution in [2.45, 2.75) is 106 Å². The van der Waals surface area contributed by atoms with E-state index < -0.39 is 102 Å². The molecule has 2 aliphatic rings. The molecule has 0 saturated carbocycles. The summed E-state index contributed by atoms with van der Waals surface area (Å²) in [6, 6.07) is 11.6. The molecule has 5 atom stereocenters. The molecule has 0 N–H and O–H groups in total. The largest absolute Gasteiger partial charge is 0.481 e. The van der Waals surface area contributed by atoms with Gasteiger partial charge in [0.2, 0.25) is 0 Å². The van der Waals surface area contributed by atoms with Crippen molar-refractivity contribution < 1.29 is 105 Å². The molecule has 5 unspecified atom stereocenters. The van der Waals surface area contributed by atoms with Gasteiger partial charge in [-0.15, -0.1) is 0 Å². The van der Waals surface area contributed by atoms with Crippen LogP contribution in [0.15, 0.2) is 54.6 Å². The highest BCUT2D eigenvalue weighted by Crippen LogP contribution is 2.58. The highest BCUT2D eigenvalue weighted by Gasteiger charge is 2.50. The summed E-state index contributed by atoms with van der Waals surface area (Å²) in [6.45, 7) is 10.9. The van der Waals surface area contributed by atoms with Gasteiger partial charge in [-0.2, -0.15) is 0 Å². The standard InChI is InChI=1S/C50H46O22/c1-21(51)61-33-17-40(66-26(6)56)44-41(18-33)72-48(32-12-14-36(63-23(3)53)39(16-32)65-25(5)55)50(70-30(10)60)46(44)45-42(67-27(7)57)20-37-34(49(45)69-29(9)59)19-43(68-28(8)58)47(71-37)31-11-13-35(62-22(2)52)38(15-31)64-24(4)54/h11-18,20,43,46-48,50H,19H2,1-10H3. The fourth-order valence-electron chi connectivity index (χ4n) is 8.11. The van der Waals surface area contributed by atoms with E-state index >= 15 is 0 Å². The summed E-state index contributed by atoms with van der Waals surface area (Å²) in [6.07, 6.45) is -6.12. The zero-order chi connectivity index (χ0) is 52.9. The molecule has 2 aliphatic heterocycles. The lowest BCUT2D eigenvalue weighted by molar-refractivity contribution is -0.154. The van der Waals surface area contributed by atoms with Crippen LogP contribution in [0.3, 0.4) is 0 Å². The maximum absolute atomic E-state index is 13.4. The molecular formula is C50H46O22. The van der Waals surface area contributed by atoms with Crippen molar-refractivity contribution in [3.8, 4) is 57.5 Å². The van der Waals surface area contributed by atoms with Crippen molar-refractivity contribution in [1.82, 2.24) is 0 Å².